The molecule has 0 amide bonds. The van der Waals surface area contributed by atoms with Gasteiger partial charge in [-0.25, -0.2) is 4.39 Å². The van der Waals surface area contributed by atoms with Crippen LogP contribution in [0.2, 0.25) is 0 Å². The van der Waals surface area contributed by atoms with Crippen LogP contribution in [-0.2, 0) is 0 Å². The number of likely N-dealkylation sites (N-methyl/N-ethyl adjacent to an activating group) is 1. The highest BCUT2D eigenvalue weighted by molar-refractivity contribution is 5.97. The molecule has 0 spiro atoms. The second kappa shape index (κ2) is 6.81. The van der Waals surface area contributed by atoms with E-state index in [1.54, 1.807) is 19.9 Å². The van der Waals surface area contributed by atoms with Gasteiger partial charge >= 0.3 is 0 Å². The molecule has 0 atom stereocenters. The number of carbonyl (C=O) groups is 1. The molecule has 0 aliphatic heterocycles. The average molecular weight is 283 g/mol. The summed E-state index contributed by atoms with van der Waals surface area (Å²) >= 11 is 0. The van der Waals surface area contributed by atoms with E-state index in [2.05, 4.69) is 0 Å². The van der Waals surface area contributed by atoms with Crippen molar-refractivity contribution >= 4 is 5.78 Å². The van der Waals surface area contributed by atoms with Crippen molar-refractivity contribution in [2.75, 3.05) is 26.7 Å². The zero-order valence-corrected chi connectivity index (χ0v) is 12.4. The Bertz CT molecular complexity index is 469. The number of hydrogen-bond acceptors (Lipinski definition) is 4. The Labute approximate surface area is 119 Å². The molecule has 0 aliphatic carbocycles. The van der Waals surface area contributed by atoms with E-state index in [9.17, 15) is 14.3 Å². The van der Waals surface area contributed by atoms with E-state index in [0.717, 1.165) is 0 Å². The van der Waals surface area contributed by atoms with E-state index < -0.39 is 11.4 Å². The molecule has 1 rings (SSSR count). The molecule has 1 aromatic rings. The third-order valence-corrected chi connectivity index (χ3v) is 2.90. The first kappa shape index (κ1) is 16.6. The fourth-order valence-corrected chi connectivity index (χ4v) is 1.96. The van der Waals surface area contributed by atoms with Gasteiger partial charge in [0.25, 0.3) is 0 Å². The molecule has 0 saturated carbocycles. The van der Waals surface area contributed by atoms with Crippen molar-refractivity contribution in [2.24, 2.45) is 0 Å². The van der Waals surface area contributed by atoms with Crippen molar-refractivity contribution in [2.45, 2.75) is 26.4 Å². The van der Waals surface area contributed by atoms with Crippen molar-refractivity contribution < 1.29 is 19.0 Å². The Hall–Kier alpha value is -1.46. The second-order valence-electron chi connectivity index (χ2n) is 5.39. The molecule has 0 heterocycles. The number of benzene rings is 1. The molecule has 1 N–H and O–H groups in total. The number of halogens is 1. The maximum atomic E-state index is 13.6. The van der Waals surface area contributed by atoms with Crippen LogP contribution in [-0.4, -0.2) is 48.1 Å². The highest BCUT2D eigenvalue weighted by Crippen LogP contribution is 2.18. The Balaban J connectivity index is 2.77. The van der Waals surface area contributed by atoms with E-state index in [-0.39, 0.29) is 18.1 Å². The summed E-state index contributed by atoms with van der Waals surface area (Å²) in [5.74, 6) is -0.619. The molecule has 0 saturated heterocycles. The summed E-state index contributed by atoms with van der Waals surface area (Å²) in [6.45, 7) is 6.45. The van der Waals surface area contributed by atoms with Crippen LogP contribution >= 0.6 is 0 Å². The van der Waals surface area contributed by atoms with Gasteiger partial charge in [-0.1, -0.05) is 6.92 Å². The van der Waals surface area contributed by atoms with Crippen molar-refractivity contribution in [3.63, 3.8) is 0 Å². The lowest BCUT2D eigenvalue weighted by Crippen LogP contribution is -2.41. The number of nitrogens with zero attached hydrogens (tertiary/aromatic N) is 1. The molecule has 0 bridgehead atoms. The molecule has 0 aliphatic rings. The number of carbonyl (C=O) groups excluding carboxylic acids is 1. The maximum Gasteiger partial charge on any atom is 0.176 e. The first-order valence-electron chi connectivity index (χ1n) is 6.58. The van der Waals surface area contributed by atoms with Crippen LogP contribution in [0.15, 0.2) is 18.2 Å². The normalized spacial score (nSPS) is 11.8. The van der Waals surface area contributed by atoms with Crippen molar-refractivity contribution in [1.29, 1.82) is 0 Å². The topological polar surface area (TPSA) is 49.8 Å². The van der Waals surface area contributed by atoms with Crippen LogP contribution in [0, 0.1) is 5.82 Å². The van der Waals surface area contributed by atoms with E-state index >= 15 is 0 Å². The Kier molecular flexibility index (Phi) is 5.65. The van der Waals surface area contributed by atoms with Gasteiger partial charge < -0.3 is 9.84 Å². The van der Waals surface area contributed by atoms with Crippen molar-refractivity contribution in [3.05, 3.63) is 29.6 Å². The van der Waals surface area contributed by atoms with Gasteiger partial charge in [0.05, 0.1) is 19.3 Å². The second-order valence-corrected chi connectivity index (χ2v) is 5.39. The summed E-state index contributed by atoms with van der Waals surface area (Å²) in [6.07, 6.45) is 0. The number of hydrogen-bond donors (Lipinski definition) is 1. The van der Waals surface area contributed by atoms with Crippen LogP contribution in [0.1, 0.15) is 31.1 Å². The van der Waals surface area contributed by atoms with Gasteiger partial charge in [-0.15, -0.1) is 0 Å². The third-order valence-electron chi connectivity index (χ3n) is 2.90. The Morgan fingerprint density at radius 1 is 1.45 bits per heavy atom. The molecule has 0 aromatic heterocycles. The third kappa shape index (κ3) is 4.90. The van der Waals surface area contributed by atoms with Gasteiger partial charge in [0.15, 0.2) is 17.3 Å². The number of methoxy groups -OCH3 is 1. The van der Waals surface area contributed by atoms with Crippen LogP contribution in [0.4, 0.5) is 4.39 Å². The smallest absolute Gasteiger partial charge is 0.176 e. The zero-order chi connectivity index (χ0) is 15.3. The minimum absolute atomic E-state index is 0.116. The summed E-state index contributed by atoms with van der Waals surface area (Å²) in [7, 11) is 1.38. The van der Waals surface area contributed by atoms with E-state index in [4.69, 9.17) is 4.74 Å². The molecule has 5 heteroatoms. The first-order chi connectivity index (χ1) is 9.26. The molecular weight excluding hydrogens is 261 g/mol. The minimum atomic E-state index is -0.874. The molecule has 1 aromatic carbocycles. The largest absolute Gasteiger partial charge is 0.494 e. The number of aliphatic hydroxyl groups is 1. The number of ether oxygens (including phenoxy) is 1. The van der Waals surface area contributed by atoms with Crippen LogP contribution in [0.25, 0.3) is 0 Å². The lowest BCUT2D eigenvalue weighted by Gasteiger charge is -2.27. The van der Waals surface area contributed by atoms with Crippen molar-refractivity contribution in [1.82, 2.24) is 4.90 Å². The zero-order valence-electron chi connectivity index (χ0n) is 12.4. The minimum Gasteiger partial charge on any atom is -0.494 e. The monoisotopic (exact) mass is 283 g/mol. The van der Waals surface area contributed by atoms with Crippen LogP contribution in [0.3, 0.4) is 0 Å². The summed E-state index contributed by atoms with van der Waals surface area (Å²) < 4.78 is 18.4. The fourth-order valence-electron chi connectivity index (χ4n) is 1.96. The van der Waals surface area contributed by atoms with Gasteiger partial charge in [-0.2, -0.15) is 0 Å². The van der Waals surface area contributed by atoms with Gasteiger partial charge in [0, 0.05) is 12.1 Å². The molecule has 0 radical (unpaired) electrons. The molecule has 0 unspecified atom stereocenters. The van der Waals surface area contributed by atoms with E-state index in [0.29, 0.717) is 18.7 Å². The SMILES string of the molecule is CCN(CC(=O)c1ccc(OC)c(F)c1)CC(C)(C)O. The molecule has 0 fully saturated rings. The van der Waals surface area contributed by atoms with Gasteiger partial charge in [0.2, 0.25) is 0 Å². The lowest BCUT2D eigenvalue weighted by molar-refractivity contribution is 0.0376. The molecule has 112 valence electrons. The number of ketones is 1. The molecular formula is C15H22FNO3. The average Bonchev–Trinajstić information content (AvgIpc) is 2.36. The summed E-state index contributed by atoms with van der Waals surface area (Å²) in [5.41, 5.74) is -0.570. The predicted octanol–water partition coefficient (Wildman–Crippen LogP) is 2.11. The first-order valence-corrected chi connectivity index (χ1v) is 6.58. The van der Waals surface area contributed by atoms with Crippen molar-refractivity contribution in [3.8, 4) is 5.75 Å². The lowest BCUT2D eigenvalue weighted by atomic mass is 10.1. The Morgan fingerprint density at radius 3 is 2.55 bits per heavy atom. The van der Waals surface area contributed by atoms with Gasteiger partial charge in [-0.05, 0) is 38.6 Å². The van der Waals surface area contributed by atoms with E-state index in [1.807, 2.05) is 11.8 Å². The fraction of sp³-hybridized carbons (Fsp3) is 0.533. The number of rotatable bonds is 7. The predicted molar refractivity (Wildman–Crippen MR) is 75.7 cm³/mol. The standard InChI is InChI=1S/C15H22FNO3/c1-5-17(10-15(2,3)19)9-13(18)11-6-7-14(20-4)12(16)8-11/h6-8,19H,5,9-10H2,1-4H3. The molecule has 4 nitrogen and oxygen atoms in total. The molecule has 20 heavy (non-hydrogen) atoms. The van der Waals surface area contributed by atoms with Crippen LogP contribution in [0.5, 0.6) is 5.75 Å². The summed E-state index contributed by atoms with van der Waals surface area (Å²) in [6, 6.07) is 4.16. The van der Waals surface area contributed by atoms with Gasteiger partial charge in [-0.3, -0.25) is 9.69 Å². The van der Waals surface area contributed by atoms with Crippen LogP contribution < -0.4 is 4.74 Å². The Morgan fingerprint density at radius 2 is 2.10 bits per heavy atom. The van der Waals surface area contributed by atoms with Gasteiger partial charge in [0.1, 0.15) is 0 Å². The highest BCUT2D eigenvalue weighted by atomic mass is 19.1. The maximum absolute atomic E-state index is 13.6. The summed E-state index contributed by atoms with van der Waals surface area (Å²) in [5, 5.41) is 9.79. The quantitative estimate of drug-likeness (QED) is 0.779. The van der Waals surface area contributed by atoms with E-state index in [1.165, 1.54) is 19.2 Å². The summed E-state index contributed by atoms with van der Waals surface area (Å²) in [4.78, 5) is 13.9. The highest BCUT2D eigenvalue weighted by Gasteiger charge is 2.20. The number of Topliss-reactive ketones (excluding diaryl/α,β-unsaturated/α-hetero) is 1.